The predicted octanol–water partition coefficient (Wildman–Crippen LogP) is 3.51. The highest BCUT2D eigenvalue weighted by atomic mass is 16.3. The summed E-state index contributed by atoms with van der Waals surface area (Å²) in [6.45, 7) is 1.98. The van der Waals surface area contributed by atoms with Crippen LogP contribution in [0.4, 0.5) is 0 Å². The number of hydrogen-bond donors (Lipinski definition) is 2. The minimum absolute atomic E-state index is 0.00939. The Hall–Kier alpha value is -2.47. The van der Waals surface area contributed by atoms with Gasteiger partial charge in [0.15, 0.2) is 0 Å². The molecule has 3 nitrogen and oxygen atoms in total. The van der Waals surface area contributed by atoms with Gasteiger partial charge in [0, 0.05) is 5.92 Å². The minimum atomic E-state index is -0.287. The molecule has 3 heteroatoms. The molecule has 2 N–H and O–H groups in total. The van der Waals surface area contributed by atoms with E-state index in [9.17, 15) is 15.5 Å². The van der Waals surface area contributed by atoms with E-state index in [1.807, 2.05) is 19.1 Å². The van der Waals surface area contributed by atoms with Crippen LogP contribution in [0.5, 0.6) is 11.5 Å². The number of hydrogen-bond acceptors (Lipinski definition) is 3. The van der Waals surface area contributed by atoms with Gasteiger partial charge in [0.05, 0.1) is 12.0 Å². The highest BCUT2D eigenvalue weighted by molar-refractivity contribution is 5.37. The molecule has 2 aromatic carbocycles. The fourth-order valence-electron chi connectivity index (χ4n) is 2.13. The maximum Gasteiger partial charge on any atom is 0.115 e. The molecule has 0 saturated carbocycles. The molecule has 0 radical (unpaired) electrons. The number of rotatable bonds is 3. The van der Waals surface area contributed by atoms with Gasteiger partial charge in [-0.05, 0) is 35.4 Å². The minimum Gasteiger partial charge on any atom is -0.508 e. The van der Waals surface area contributed by atoms with Gasteiger partial charge in [0.1, 0.15) is 11.5 Å². The van der Waals surface area contributed by atoms with Gasteiger partial charge in [-0.1, -0.05) is 31.2 Å². The third kappa shape index (κ3) is 2.86. The number of benzene rings is 2. The number of phenols is 2. The molecule has 0 spiro atoms. The molecular weight excluding hydrogens is 238 g/mol. The molecule has 0 aromatic heterocycles. The number of nitriles is 1. The van der Waals surface area contributed by atoms with Crippen molar-refractivity contribution in [2.75, 3.05) is 0 Å². The van der Waals surface area contributed by atoms with Gasteiger partial charge in [-0.25, -0.2) is 0 Å². The largest absolute Gasteiger partial charge is 0.508 e. The summed E-state index contributed by atoms with van der Waals surface area (Å²) in [4.78, 5) is 0. The van der Waals surface area contributed by atoms with Crippen LogP contribution in [0.3, 0.4) is 0 Å². The smallest absolute Gasteiger partial charge is 0.115 e. The SMILES string of the molecule is C[C@@H](c1ccc(O)cc1)[C@H](C#N)c1ccc(O)cc1. The highest BCUT2D eigenvalue weighted by Crippen LogP contribution is 2.33. The Morgan fingerprint density at radius 2 is 1.26 bits per heavy atom. The quantitative estimate of drug-likeness (QED) is 0.879. The Morgan fingerprint density at radius 3 is 1.68 bits per heavy atom. The summed E-state index contributed by atoms with van der Waals surface area (Å²) in [5.41, 5.74) is 1.87. The second-order valence-electron chi connectivity index (χ2n) is 4.58. The number of phenolic OH excluding ortho intramolecular Hbond substituents is 2. The topological polar surface area (TPSA) is 64.2 Å². The Balaban J connectivity index is 2.29. The second-order valence-corrected chi connectivity index (χ2v) is 4.58. The third-order valence-electron chi connectivity index (χ3n) is 3.31. The van der Waals surface area contributed by atoms with E-state index in [2.05, 4.69) is 6.07 Å². The van der Waals surface area contributed by atoms with Crippen LogP contribution in [-0.2, 0) is 0 Å². The van der Waals surface area contributed by atoms with E-state index in [1.54, 1.807) is 36.4 Å². The number of nitrogens with zero attached hydrogens (tertiary/aromatic N) is 1. The summed E-state index contributed by atoms with van der Waals surface area (Å²) < 4.78 is 0. The van der Waals surface area contributed by atoms with Crippen molar-refractivity contribution in [2.45, 2.75) is 18.8 Å². The van der Waals surface area contributed by atoms with Crippen LogP contribution in [0.15, 0.2) is 48.5 Å². The van der Waals surface area contributed by atoms with E-state index >= 15 is 0 Å². The molecule has 0 heterocycles. The molecule has 2 aromatic rings. The van der Waals surface area contributed by atoms with Crippen molar-refractivity contribution in [1.82, 2.24) is 0 Å². The maximum atomic E-state index is 9.37. The standard InChI is InChI=1S/C16H15NO2/c1-11(12-2-6-14(18)7-3-12)16(10-17)13-4-8-15(19)9-5-13/h2-9,11,16,18-19H,1H3/t11-,16-/m0/s1. The Kier molecular flexibility index (Phi) is 3.72. The van der Waals surface area contributed by atoms with E-state index in [0.29, 0.717) is 0 Å². The molecule has 0 bridgehead atoms. The van der Waals surface area contributed by atoms with Gasteiger partial charge in [-0.2, -0.15) is 5.26 Å². The molecule has 0 amide bonds. The Morgan fingerprint density at radius 1 is 0.842 bits per heavy atom. The summed E-state index contributed by atoms with van der Waals surface area (Å²) in [6.07, 6.45) is 0. The van der Waals surface area contributed by atoms with E-state index in [-0.39, 0.29) is 23.3 Å². The van der Waals surface area contributed by atoms with Gasteiger partial charge in [-0.3, -0.25) is 0 Å². The Labute approximate surface area is 112 Å². The molecule has 0 unspecified atom stereocenters. The monoisotopic (exact) mass is 253 g/mol. The van der Waals surface area contributed by atoms with Crippen molar-refractivity contribution in [3.05, 3.63) is 59.7 Å². The van der Waals surface area contributed by atoms with E-state index in [4.69, 9.17) is 0 Å². The van der Waals surface area contributed by atoms with Crippen molar-refractivity contribution in [3.63, 3.8) is 0 Å². The summed E-state index contributed by atoms with van der Waals surface area (Å²) in [5, 5.41) is 27.9. The van der Waals surface area contributed by atoms with Crippen LogP contribution in [-0.4, -0.2) is 10.2 Å². The van der Waals surface area contributed by atoms with Crippen LogP contribution in [0.25, 0.3) is 0 Å². The lowest BCUT2D eigenvalue weighted by Crippen LogP contribution is -2.06. The highest BCUT2D eigenvalue weighted by Gasteiger charge is 2.20. The molecule has 0 aliphatic carbocycles. The van der Waals surface area contributed by atoms with Gasteiger partial charge >= 0.3 is 0 Å². The molecular formula is C16H15NO2. The van der Waals surface area contributed by atoms with Crippen molar-refractivity contribution >= 4 is 0 Å². The number of aromatic hydroxyl groups is 2. The van der Waals surface area contributed by atoms with E-state index in [1.165, 1.54) is 0 Å². The zero-order valence-corrected chi connectivity index (χ0v) is 10.6. The summed E-state index contributed by atoms with van der Waals surface area (Å²) in [7, 11) is 0. The van der Waals surface area contributed by atoms with Gasteiger partial charge in [0.2, 0.25) is 0 Å². The first-order valence-electron chi connectivity index (χ1n) is 6.09. The maximum absolute atomic E-state index is 9.37. The lowest BCUT2D eigenvalue weighted by atomic mass is 9.83. The third-order valence-corrected chi connectivity index (χ3v) is 3.31. The summed E-state index contributed by atoms with van der Waals surface area (Å²) in [6, 6.07) is 15.9. The molecule has 0 aliphatic rings. The zero-order chi connectivity index (χ0) is 13.8. The first kappa shape index (κ1) is 13.0. The lowest BCUT2D eigenvalue weighted by molar-refractivity contribution is 0.473. The second kappa shape index (κ2) is 5.45. The summed E-state index contributed by atoms with van der Waals surface area (Å²) in [5.74, 6) is 0.132. The average molecular weight is 253 g/mol. The van der Waals surface area contributed by atoms with Crippen molar-refractivity contribution < 1.29 is 10.2 Å². The molecule has 96 valence electrons. The fraction of sp³-hybridized carbons (Fsp3) is 0.188. The molecule has 2 rings (SSSR count). The van der Waals surface area contributed by atoms with E-state index in [0.717, 1.165) is 11.1 Å². The fourth-order valence-corrected chi connectivity index (χ4v) is 2.13. The molecule has 0 aliphatic heterocycles. The normalized spacial score (nSPS) is 13.5. The first-order valence-corrected chi connectivity index (χ1v) is 6.09. The van der Waals surface area contributed by atoms with Crippen LogP contribution < -0.4 is 0 Å². The Bertz CT molecular complexity index is 582. The van der Waals surface area contributed by atoms with Crippen LogP contribution in [0.1, 0.15) is 29.9 Å². The van der Waals surface area contributed by atoms with Gasteiger partial charge < -0.3 is 10.2 Å². The van der Waals surface area contributed by atoms with E-state index < -0.39 is 0 Å². The van der Waals surface area contributed by atoms with Gasteiger partial charge in [-0.15, -0.1) is 0 Å². The van der Waals surface area contributed by atoms with Crippen molar-refractivity contribution in [2.24, 2.45) is 0 Å². The van der Waals surface area contributed by atoms with Crippen LogP contribution in [0.2, 0.25) is 0 Å². The summed E-state index contributed by atoms with van der Waals surface area (Å²) >= 11 is 0. The molecule has 19 heavy (non-hydrogen) atoms. The first-order chi connectivity index (χ1) is 9.11. The predicted molar refractivity (Wildman–Crippen MR) is 73.0 cm³/mol. The molecule has 0 fully saturated rings. The van der Waals surface area contributed by atoms with Gasteiger partial charge in [0.25, 0.3) is 0 Å². The van der Waals surface area contributed by atoms with Crippen molar-refractivity contribution in [3.8, 4) is 17.6 Å². The molecule has 2 atom stereocenters. The zero-order valence-electron chi connectivity index (χ0n) is 10.6. The van der Waals surface area contributed by atoms with Crippen molar-refractivity contribution in [1.29, 1.82) is 5.26 Å². The lowest BCUT2D eigenvalue weighted by Gasteiger charge is -2.18. The van der Waals surface area contributed by atoms with Crippen LogP contribution in [0, 0.1) is 11.3 Å². The average Bonchev–Trinajstić information content (AvgIpc) is 2.42. The molecule has 0 saturated heterocycles. The van der Waals surface area contributed by atoms with Crippen LogP contribution >= 0.6 is 0 Å².